The van der Waals surface area contributed by atoms with Crippen molar-refractivity contribution >= 4 is 57.1 Å². The van der Waals surface area contributed by atoms with Crippen molar-refractivity contribution in [3.05, 3.63) is 85.2 Å². The number of fused-ring (bicyclic) bond motifs is 1. The van der Waals surface area contributed by atoms with Gasteiger partial charge in [-0.05, 0) is 54.6 Å². The molecule has 0 unspecified atom stereocenters. The second-order valence-electron chi connectivity index (χ2n) is 11.1. The lowest BCUT2D eigenvalue weighted by Crippen LogP contribution is -2.36. The number of nitrogens with zero attached hydrogens (tertiary/aromatic N) is 5. The molecule has 12 nitrogen and oxygen atoms in total. The number of carbonyl (C=O) groups is 1. The number of hydrogen-bond donors (Lipinski definition) is 4. The second-order valence-corrected chi connectivity index (χ2v) is 11.1. The van der Waals surface area contributed by atoms with Crippen molar-refractivity contribution in [3.63, 3.8) is 0 Å². The summed E-state index contributed by atoms with van der Waals surface area (Å²) in [7, 11) is 0. The minimum absolute atomic E-state index is 0.328. The lowest BCUT2D eigenvalue weighted by Gasteiger charge is -2.29. The molecule has 2 aromatic heterocycles. The van der Waals surface area contributed by atoms with Crippen molar-refractivity contribution in [1.29, 1.82) is 0 Å². The molecule has 0 bridgehead atoms. The highest BCUT2D eigenvalue weighted by atomic mass is 19.1. The maximum atomic E-state index is 15.3. The van der Waals surface area contributed by atoms with E-state index in [1.54, 1.807) is 12.1 Å². The Morgan fingerprint density at radius 2 is 1.57 bits per heavy atom. The molecule has 1 amide bonds. The van der Waals surface area contributed by atoms with Crippen molar-refractivity contribution in [1.82, 2.24) is 20.2 Å². The highest BCUT2D eigenvalue weighted by Gasteiger charge is 2.20. The summed E-state index contributed by atoms with van der Waals surface area (Å²) in [5.74, 6) is 0.105. The summed E-state index contributed by atoms with van der Waals surface area (Å²) in [5.41, 5.74) is 5.25. The first kappa shape index (κ1) is 30.1. The molecule has 7 rings (SSSR count). The van der Waals surface area contributed by atoms with Crippen molar-refractivity contribution < 1.29 is 18.7 Å². The van der Waals surface area contributed by atoms with Gasteiger partial charge < -0.3 is 35.2 Å². The van der Waals surface area contributed by atoms with Gasteiger partial charge in [0.1, 0.15) is 5.82 Å². The van der Waals surface area contributed by atoms with E-state index in [2.05, 4.69) is 49.8 Å². The molecule has 0 radical (unpaired) electrons. The van der Waals surface area contributed by atoms with E-state index in [1.165, 1.54) is 12.1 Å². The Hall–Kier alpha value is -5.53. The van der Waals surface area contributed by atoms with Gasteiger partial charge in [0.15, 0.2) is 11.5 Å². The van der Waals surface area contributed by atoms with Crippen molar-refractivity contribution in [2.75, 3.05) is 78.4 Å². The highest BCUT2D eigenvalue weighted by Crippen LogP contribution is 2.35. The van der Waals surface area contributed by atoms with E-state index < -0.39 is 0 Å². The Labute approximate surface area is 270 Å². The van der Waals surface area contributed by atoms with Gasteiger partial charge in [-0.1, -0.05) is 24.8 Å². The topological polar surface area (TPSA) is 133 Å². The smallest absolute Gasteiger partial charge is 0.247 e. The number of hydrogen-bond acceptors (Lipinski definition) is 10. The van der Waals surface area contributed by atoms with Gasteiger partial charge in [0.25, 0.3) is 0 Å². The van der Waals surface area contributed by atoms with Gasteiger partial charge in [0.2, 0.25) is 11.9 Å². The van der Waals surface area contributed by atoms with Gasteiger partial charge in [-0.3, -0.25) is 9.89 Å². The fourth-order valence-electron chi connectivity index (χ4n) is 5.74. The fraction of sp³-hybridized carbons (Fsp3) is 0.235. The molecule has 4 N–H and O–H groups in total. The van der Waals surface area contributed by atoms with Crippen LogP contribution >= 0.6 is 0 Å². The number of halogens is 1. The molecule has 2 aliphatic heterocycles. The number of ether oxygens (including phenoxy) is 2. The predicted octanol–water partition coefficient (Wildman–Crippen LogP) is 5.44. The number of aromatic nitrogens is 4. The number of H-pyrrole nitrogens is 1. The molecule has 0 aliphatic carbocycles. The van der Waals surface area contributed by atoms with Gasteiger partial charge in [-0.2, -0.15) is 10.1 Å². The van der Waals surface area contributed by atoms with Crippen molar-refractivity contribution in [2.24, 2.45) is 0 Å². The molecule has 13 heteroatoms. The number of nitrogens with one attached hydrogen (secondary N) is 4. The van der Waals surface area contributed by atoms with Gasteiger partial charge in [-0.25, -0.2) is 9.37 Å². The third kappa shape index (κ3) is 6.71. The van der Waals surface area contributed by atoms with Crippen LogP contribution in [0.15, 0.2) is 79.4 Å². The summed E-state index contributed by atoms with van der Waals surface area (Å²) in [6.07, 6.45) is 1.21. The van der Waals surface area contributed by atoms with Crippen LogP contribution in [-0.4, -0.2) is 78.7 Å². The maximum Gasteiger partial charge on any atom is 0.247 e. The van der Waals surface area contributed by atoms with E-state index in [1.807, 2.05) is 41.3 Å². The van der Waals surface area contributed by atoms with Crippen LogP contribution in [0.2, 0.25) is 0 Å². The number of anilines is 7. The van der Waals surface area contributed by atoms with Crippen LogP contribution in [-0.2, 0) is 14.3 Å². The Morgan fingerprint density at radius 1 is 0.851 bits per heavy atom. The third-order valence-electron chi connectivity index (χ3n) is 8.05. The van der Waals surface area contributed by atoms with Crippen LogP contribution in [0.4, 0.5) is 44.6 Å². The SMILES string of the molecule is C=CC(=O)Nc1cccc(-c2nc(Nc3cccc(N4CCOCC4)c3)nc3[nH]nc(Nc4ccc(N5CCOCC5)c(F)c4)c23)c1. The monoisotopic (exact) mass is 635 g/mol. The molecular formula is C34H34FN9O3. The summed E-state index contributed by atoms with van der Waals surface area (Å²) >= 11 is 0. The molecule has 0 saturated carbocycles. The highest BCUT2D eigenvalue weighted by molar-refractivity contribution is 6.02. The summed E-state index contributed by atoms with van der Waals surface area (Å²) in [4.78, 5) is 26.0. The molecule has 5 aromatic rings. The predicted molar refractivity (Wildman–Crippen MR) is 181 cm³/mol. The number of benzene rings is 3. The fourth-order valence-corrected chi connectivity index (χ4v) is 5.74. The van der Waals surface area contributed by atoms with Crippen LogP contribution in [0.1, 0.15) is 0 Å². The zero-order valence-electron chi connectivity index (χ0n) is 25.6. The first-order chi connectivity index (χ1) is 23.0. The standard InChI is InChI=1S/C34H34FN9O3/c1-2-29(45)36-23-6-3-5-22(19-23)31-30-32(37-25-9-10-28(27(35)21-25)44-13-17-47-18-14-44)41-42-33(30)40-34(39-31)38-24-7-4-8-26(20-24)43-11-15-46-16-12-43/h2-10,19-21H,1,11-18H2,(H,36,45)(H3,37,38,39,40,41,42). The molecule has 2 aliphatic rings. The summed E-state index contributed by atoms with van der Waals surface area (Å²) in [5, 5.41) is 17.5. The number of morpholine rings is 2. The molecule has 47 heavy (non-hydrogen) atoms. The van der Waals surface area contributed by atoms with Gasteiger partial charge in [-0.15, -0.1) is 0 Å². The first-order valence-corrected chi connectivity index (χ1v) is 15.4. The third-order valence-corrected chi connectivity index (χ3v) is 8.05. The van der Waals surface area contributed by atoms with Gasteiger partial charge >= 0.3 is 0 Å². The number of aromatic amines is 1. The van der Waals surface area contributed by atoms with E-state index in [4.69, 9.17) is 19.4 Å². The number of rotatable bonds is 9. The maximum absolute atomic E-state index is 15.3. The van der Waals surface area contributed by atoms with Crippen LogP contribution in [0, 0.1) is 5.82 Å². The Morgan fingerprint density at radius 3 is 2.34 bits per heavy atom. The second kappa shape index (κ2) is 13.4. The average Bonchev–Trinajstić information content (AvgIpc) is 3.51. The minimum atomic E-state index is -0.343. The molecule has 2 saturated heterocycles. The lowest BCUT2D eigenvalue weighted by atomic mass is 10.1. The Kier molecular flexibility index (Phi) is 8.62. The Balaban J connectivity index is 1.25. The van der Waals surface area contributed by atoms with Gasteiger partial charge in [0, 0.05) is 54.5 Å². The van der Waals surface area contributed by atoms with E-state index >= 15 is 4.39 Å². The van der Waals surface area contributed by atoms with E-state index in [9.17, 15) is 4.79 Å². The molecule has 2 fully saturated rings. The average molecular weight is 636 g/mol. The van der Waals surface area contributed by atoms with Gasteiger partial charge in [0.05, 0.1) is 43.2 Å². The molecule has 3 aromatic carbocycles. The summed E-state index contributed by atoms with van der Waals surface area (Å²) < 4.78 is 26.2. The molecule has 0 spiro atoms. The molecule has 4 heterocycles. The molecule has 0 atom stereocenters. The van der Waals surface area contributed by atoms with E-state index in [0.717, 1.165) is 24.5 Å². The van der Waals surface area contributed by atoms with Crippen LogP contribution in [0.25, 0.3) is 22.3 Å². The van der Waals surface area contributed by atoms with Crippen LogP contribution in [0.5, 0.6) is 0 Å². The van der Waals surface area contributed by atoms with Crippen molar-refractivity contribution in [2.45, 2.75) is 0 Å². The van der Waals surface area contributed by atoms with Crippen LogP contribution in [0.3, 0.4) is 0 Å². The zero-order valence-corrected chi connectivity index (χ0v) is 25.6. The molecular weight excluding hydrogens is 601 g/mol. The normalized spacial score (nSPS) is 15.0. The largest absolute Gasteiger partial charge is 0.378 e. The lowest BCUT2D eigenvalue weighted by molar-refractivity contribution is -0.111. The summed E-state index contributed by atoms with van der Waals surface area (Å²) in [6.45, 7) is 8.95. The number of carbonyl (C=O) groups excluding carboxylic acids is 1. The van der Waals surface area contributed by atoms with E-state index in [-0.39, 0.29) is 11.7 Å². The minimum Gasteiger partial charge on any atom is -0.378 e. The van der Waals surface area contributed by atoms with E-state index in [0.29, 0.717) is 90.6 Å². The number of amides is 1. The summed E-state index contributed by atoms with van der Waals surface area (Å²) in [6, 6.07) is 20.4. The molecule has 240 valence electrons. The zero-order chi connectivity index (χ0) is 32.2. The van der Waals surface area contributed by atoms with Crippen molar-refractivity contribution in [3.8, 4) is 11.3 Å². The Bertz CT molecular complexity index is 1920. The van der Waals surface area contributed by atoms with Crippen LogP contribution < -0.4 is 25.8 Å². The quantitative estimate of drug-likeness (QED) is 0.155. The first-order valence-electron chi connectivity index (χ1n) is 15.4.